The molecule has 3 aromatic rings. The largest absolute Gasteiger partial charge is 0.322 e. The van der Waals surface area contributed by atoms with Gasteiger partial charge in [-0.25, -0.2) is 12.8 Å². The maximum Gasteiger partial charge on any atom is 0.261 e. The molecule has 0 spiro atoms. The molecule has 0 bridgehead atoms. The predicted octanol–water partition coefficient (Wildman–Crippen LogP) is 4.80. The maximum atomic E-state index is 13.4. The Morgan fingerprint density at radius 1 is 0.862 bits per heavy atom. The zero-order valence-electron chi connectivity index (χ0n) is 16.3. The van der Waals surface area contributed by atoms with E-state index < -0.39 is 15.8 Å². The fourth-order valence-electron chi connectivity index (χ4n) is 2.84. The number of aryl methyl sites for hydroxylation is 3. The highest BCUT2D eigenvalue weighted by Crippen LogP contribution is 2.20. The second kappa shape index (κ2) is 8.05. The van der Waals surface area contributed by atoms with Gasteiger partial charge in [0, 0.05) is 16.9 Å². The smallest absolute Gasteiger partial charge is 0.261 e. The number of nitrogens with one attached hydrogen (secondary N) is 2. The lowest BCUT2D eigenvalue weighted by Crippen LogP contribution is -2.15. The molecule has 0 aliphatic heterocycles. The summed E-state index contributed by atoms with van der Waals surface area (Å²) in [4.78, 5) is 12.4. The van der Waals surface area contributed by atoms with Crippen molar-refractivity contribution in [2.45, 2.75) is 25.7 Å². The summed E-state index contributed by atoms with van der Waals surface area (Å²) >= 11 is 0. The number of halogens is 1. The molecule has 0 saturated carbocycles. The summed E-state index contributed by atoms with van der Waals surface area (Å²) in [5.41, 5.74) is 3.72. The van der Waals surface area contributed by atoms with Gasteiger partial charge in [0.25, 0.3) is 15.9 Å². The molecule has 2 N–H and O–H groups in total. The normalized spacial score (nSPS) is 11.2. The first kappa shape index (κ1) is 20.5. The Bertz CT molecular complexity index is 1170. The van der Waals surface area contributed by atoms with E-state index >= 15 is 0 Å². The van der Waals surface area contributed by atoms with Crippen LogP contribution in [0.15, 0.2) is 65.6 Å². The first-order chi connectivity index (χ1) is 13.7. The van der Waals surface area contributed by atoms with E-state index in [4.69, 9.17) is 0 Å². The molecule has 5 nitrogen and oxygen atoms in total. The van der Waals surface area contributed by atoms with Crippen molar-refractivity contribution >= 4 is 27.3 Å². The van der Waals surface area contributed by atoms with E-state index in [1.165, 1.54) is 43.3 Å². The van der Waals surface area contributed by atoms with Crippen molar-refractivity contribution in [3.63, 3.8) is 0 Å². The van der Waals surface area contributed by atoms with Crippen LogP contribution in [0.3, 0.4) is 0 Å². The van der Waals surface area contributed by atoms with Crippen LogP contribution in [0, 0.1) is 26.6 Å². The standard InChI is InChI=1S/C22H21FN2O3S/c1-14-4-11-21(16(3)12-14)24-22(26)17-5-7-18(8-6-17)25-29(27,28)19-9-10-20(23)15(2)13-19/h4-13,25H,1-3H3,(H,24,26). The zero-order chi connectivity index (χ0) is 21.2. The van der Waals surface area contributed by atoms with E-state index in [-0.39, 0.29) is 16.4 Å². The molecular weight excluding hydrogens is 391 g/mol. The van der Waals surface area contributed by atoms with E-state index in [0.717, 1.165) is 22.9 Å². The molecule has 0 aliphatic carbocycles. The Labute approximate surface area is 169 Å². The number of hydrogen-bond donors (Lipinski definition) is 2. The molecular formula is C22H21FN2O3S. The first-order valence-corrected chi connectivity index (χ1v) is 10.4. The van der Waals surface area contributed by atoms with Gasteiger partial charge in [0.15, 0.2) is 0 Å². The van der Waals surface area contributed by atoms with Crippen LogP contribution >= 0.6 is 0 Å². The molecule has 0 fully saturated rings. The molecule has 3 aromatic carbocycles. The Morgan fingerprint density at radius 2 is 1.55 bits per heavy atom. The van der Waals surface area contributed by atoms with Crippen molar-refractivity contribution in [1.29, 1.82) is 0 Å². The summed E-state index contributed by atoms with van der Waals surface area (Å²) < 4.78 is 40.8. The lowest BCUT2D eigenvalue weighted by Gasteiger charge is -2.11. The Hall–Kier alpha value is -3.19. The highest BCUT2D eigenvalue weighted by molar-refractivity contribution is 7.92. The van der Waals surface area contributed by atoms with Crippen LogP contribution in [0.25, 0.3) is 0 Å². The molecule has 0 aliphatic rings. The molecule has 3 rings (SSSR count). The molecule has 0 unspecified atom stereocenters. The minimum atomic E-state index is -3.86. The SMILES string of the molecule is Cc1ccc(NC(=O)c2ccc(NS(=O)(=O)c3ccc(F)c(C)c3)cc2)c(C)c1. The maximum absolute atomic E-state index is 13.4. The van der Waals surface area contributed by atoms with E-state index in [1.807, 2.05) is 32.0 Å². The van der Waals surface area contributed by atoms with Gasteiger partial charge >= 0.3 is 0 Å². The number of rotatable bonds is 5. The van der Waals surface area contributed by atoms with Gasteiger partial charge in [-0.2, -0.15) is 0 Å². The molecule has 0 heterocycles. The van der Waals surface area contributed by atoms with Crippen LogP contribution in [-0.2, 0) is 10.0 Å². The van der Waals surface area contributed by atoms with Gasteiger partial charge in [0.1, 0.15) is 5.82 Å². The third kappa shape index (κ3) is 4.81. The van der Waals surface area contributed by atoms with Crippen molar-refractivity contribution in [3.8, 4) is 0 Å². The van der Waals surface area contributed by atoms with Crippen molar-refractivity contribution < 1.29 is 17.6 Å². The van der Waals surface area contributed by atoms with Gasteiger partial charge in [-0.05, 0) is 80.4 Å². The molecule has 0 saturated heterocycles. The molecule has 1 amide bonds. The number of benzene rings is 3. The van der Waals surface area contributed by atoms with Crippen molar-refractivity contribution in [3.05, 3.63) is 88.7 Å². The average molecular weight is 412 g/mol. The molecule has 0 atom stereocenters. The monoisotopic (exact) mass is 412 g/mol. The van der Waals surface area contributed by atoms with Crippen LogP contribution in [0.4, 0.5) is 15.8 Å². The Kier molecular flexibility index (Phi) is 5.70. The third-order valence-electron chi connectivity index (χ3n) is 4.47. The second-order valence-corrected chi connectivity index (χ2v) is 8.55. The van der Waals surface area contributed by atoms with E-state index in [9.17, 15) is 17.6 Å². The number of hydrogen-bond acceptors (Lipinski definition) is 3. The number of carbonyl (C=O) groups excluding carboxylic acids is 1. The first-order valence-electron chi connectivity index (χ1n) is 8.93. The summed E-state index contributed by atoms with van der Waals surface area (Å²) in [5, 5.41) is 2.85. The van der Waals surface area contributed by atoms with Gasteiger partial charge < -0.3 is 5.32 Å². The minimum absolute atomic E-state index is 0.0342. The number of sulfonamides is 1. The van der Waals surface area contributed by atoms with Crippen molar-refractivity contribution in [1.82, 2.24) is 0 Å². The zero-order valence-corrected chi connectivity index (χ0v) is 17.1. The van der Waals surface area contributed by atoms with E-state index in [2.05, 4.69) is 10.0 Å². The number of amides is 1. The third-order valence-corrected chi connectivity index (χ3v) is 5.85. The molecule has 0 aromatic heterocycles. The molecule has 0 radical (unpaired) electrons. The summed E-state index contributed by atoms with van der Waals surface area (Å²) in [7, 11) is -3.86. The second-order valence-electron chi connectivity index (χ2n) is 6.87. The van der Waals surface area contributed by atoms with Crippen molar-refractivity contribution in [2.24, 2.45) is 0 Å². The summed E-state index contributed by atoms with van der Waals surface area (Å²) in [6, 6.07) is 15.4. The van der Waals surface area contributed by atoms with Gasteiger partial charge in [-0.3, -0.25) is 9.52 Å². The summed E-state index contributed by atoms with van der Waals surface area (Å²) in [6.07, 6.45) is 0. The van der Waals surface area contributed by atoms with Gasteiger partial charge in [-0.15, -0.1) is 0 Å². The molecule has 29 heavy (non-hydrogen) atoms. The van der Waals surface area contributed by atoms with Crippen molar-refractivity contribution in [2.75, 3.05) is 10.0 Å². The average Bonchev–Trinajstić information content (AvgIpc) is 2.66. The van der Waals surface area contributed by atoms with Crippen LogP contribution < -0.4 is 10.0 Å². The number of carbonyl (C=O) groups is 1. The topological polar surface area (TPSA) is 75.3 Å². The summed E-state index contributed by atoms with van der Waals surface area (Å²) in [6.45, 7) is 5.39. The van der Waals surface area contributed by atoms with Gasteiger partial charge in [0.2, 0.25) is 0 Å². The predicted molar refractivity (Wildman–Crippen MR) is 112 cm³/mol. The lowest BCUT2D eigenvalue weighted by molar-refractivity contribution is 0.102. The highest BCUT2D eigenvalue weighted by Gasteiger charge is 2.16. The van der Waals surface area contributed by atoms with Gasteiger partial charge in [-0.1, -0.05) is 17.7 Å². The minimum Gasteiger partial charge on any atom is -0.322 e. The molecule has 150 valence electrons. The highest BCUT2D eigenvalue weighted by atomic mass is 32.2. The van der Waals surface area contributed by atoms with Crippen LogP contribution in [0.2, 0.25) is 0 Å². The number of anilines is 2. The van der Waals surface area contributed by atoms with E-state index in [0.29, 0.717) is 11.3 Å². The van der Waals surface area contributed by atoms with Gasteiger partial charge in [0.05, 0.1) is 4.90 Å². The lowest BCUT2D eigenvalue weighted by atomic mass is 10.1. The van der Waals surface area contributed by atoms with E-state index in [1.54, 1.807) is 0 Å². The van der Waals surface area contributed by atoms with Crippen LogP contribution in [0.1, 0.15) is 27.0 Å². The fourth-order valence-corrected chi connectivity index (χ4v) is 3.98. The van der Waals surface area contributed by atoms with Crippen LogP contribution in [0.5, 0.6) is 0 Å². The quantitative estimate of drug-likeness (QED) is 0.632. The Balaban J connectivity index is 1.74. The Morgan fingerprint density at radius 3 is 2.17 bits per heavy atom. The van der Waals surface area contributed by atoms with Crippen LogP contribution in [-0.4, -0.2) is 14.3 Å². The molecule has 7 heteroatoms. The summed E-state index contributed by atoms with van der Waals surface area (Å²) in [5.74, 6) is -0.761. The fraction of sp³-hybridized carbons (Fsp3) is 0.136.